The van der Waals surface area contributed by atoms with Crippen LogP contribution in [0.25, 0.3) is 11.0 Å². The predicted octanol–water partition coefficient (Wildman–Crippen LogP) is 2.57. The zero-order valence-corrected chi connectivity index (χ0v) is 16.8. The third-order valence-corrected chi connectivity index (χ3v) is 5.63. The first-order valence-corrected chi connectivity index (χ1v) is 9.53. The molecule has 7 heteroatoms. The van der Waals surface area contributed by atoms with E-state index in [2.05, 4.69) is 43.9 Å². The van der Waals surface area contributed by atoms with Crippen molar-refractivity contribution >= 4 is 39.5 Å². The fraction of sp³-hybridized carbons (Fsp3) is 0.500. The highest BCUT2D eigenvalue weighted by molar-refractivity contribution is 14.1. The van der Waals surface area contributed by atoms with Crippen LogP contribution in [0.4, 0.5) is 0 Å². The fourth-order valence-corrected chi connectivity index (χ4v) is 3.94. The van der Waals surface area contributed by atoms with E-state index in [1.54, 1.807) is 4.90 Å². The molecule has 0 bridgehead atoms. The number of carbonyl (C=O) groups excluding carboxylic acids is 1. The van der Waals surface area contributed by atoms with Gasteiger partial charge in [-0.2, -0.15) is 5.26 Å². The zero-order valence-electron chi connectivity index (χ0n) is 14.6. The van der Waals surface area contributed by atoms with Gasteiger partial charge in [-0.25, -0.2) is 4.98 Å². The Morgan fingerprint density at radius 3 is 2.92 bits per heavy atom. The lowest BCUT2D eigenvalue weighted by molar-refractivity contribution is -0.139. The Bertz CT molecular complexity index is 832. The molecule has 0 aromatic carbocycles. The Balaban J connectivity index is 1.77. The highest BCUT2D eigenvalue weighted by atomic mass is 127. The second-order valence-electron chi connectivity index (χ2n) is 6.95. The normalized spacial score (nSPS) is 16.1. The molecule has 1 saturated heterocycles. The molecule has 25 heavy (non-hydrogen) atoms. The van der Waals surface area contributed by atoms with E-state index in [9.17, 15) is 4.79 Å². The van der Waals surface area contributed by atoms with Crippen LogP contribution in [0.1, 0.15) is 25.0 Å². The van der Waals surface area contributed by atoms with Gasteiger partial charge < -0.3 is 15.2 Å². The summed E-state index contributed by atoms with van der Waals surface area (Å²) < 4.78 is 1.13. The highest BCUT2D eigenvalue weighted by Crippen LogP contribution is 2.25. The molecule has 0 unspecified atom stereocenters. The maximum atomic E-state index is 12.7. The standard InChI is InChI=1S/C18H22IN5O/c1-10(2)16(18(25)24-8-12(4-20)9-24)21-6-13-11(3)5-22-17-15(13)14(19)7-23-17/h5,7,10,12,16,21H,6,8-9H2,1-3H3,(H,22,23)/t16-/m1/s1. The van der Waals surface area contributed by atoms with E-state index in [0.29, 0.717) is 19.6 Å². The lowest BCUT2D eigenvalue weighted by atomic mass is 9.96. The minimum absolute atomic E-state index is 0.0136. The molecule has 1 atom stereocenters. The molecule has 1 amide bonds. The summed E-state index contributed by atoms with van der Waals surface area (Å²) in [5.74, 6) is 0.255. The van der Waals surface area contributed by atoms with Crippen LogP contribution in [-0.2, 0) is 11.3 Å². The molecule has 1 aliphatic rings. The van der Waals surface area contributed by atoms with Gasteiger partial charge in [0.15, 0.2) is 0 Å². The first-order valence-electron chi connectivity index (χ1n) is 8.45. The number of aryl methyl sites for hydroxylation is 1. The summed E-state index contributed by atoms with van der Waals surface area (Å²) in [5, 5.41) is 13.5. The van der Waals surface area contributed by atoms with Crippen molar-refractivity contribution in [3.63, 3.8) is 0 Å². The number of pyridine rings is 1. The van der Waals surface area contributed by atoms with E-state index in [1.165, 1.54) is 5.56 Å². The summed E-state index contributed by atoms with van der Waals surface area (Å²) in [6, 6.07) is 1.97. The van der Waals surface area contributed by atoms with Gasteiger partial charge >= 0.3 is 0 Å². The van der Waals surface area contributed by atoms with Gasteiger partial charge in [-0.1, -0.05) is 13.8 Å². The van der Waals surface area contributed by atoms with Gasteiger partial charge in [-0.05, 0) is 46.6 Å². The second kappa shape index (κ2) is 7.30. The lowest BCUT2D eigenvalue weighted by Crippen LogP contribution is -2.57. The molecule has 1 aliphatic heterocycles. The number of aromatic amines is 1. The summed E-state index contributed by atoms with van der Waals surface area (Å²) in [7, 11) is 0. The van der Waals surface area contributed by atoms with Crippen molar-refractivity contribution in [2.45, 2.75) is 33.4 Å². The van der Waals surface area contributed by atoms with Gasteiger partial charge in [-0.15, -0.1) is 0 Å². The van der Waals surface area contributed by atoms with E-state index < -0.39 is 0 Å². The third kappa shape index (κ3) is 3.51. The van der Waals surface area contributed by atoms with E-state index in [-0.39, 0.29) is 23.8 Å². The molecule has 0 saturated carbocycles. The molecule has 3 heterocycles. The summed E-state index contributed by atoms with van der Waals surface area (Å²) in [6.45, 7) is 7.86. The van der Waals surface area contributed by atoms with E-state index in [0.717, 1.165) is 20.2 Å². The van der Waals surface area contributed by atoms with Crippen LogP contribution in [-0.4, -0.2) is 39.9 Å². The topological polar surface area (TPSA) is 84.8 Å². The van der Waals surface area contributed by atoms with Crippen LogP contribution < -0.4 is 5.32 Å². The monoisotopic (exact) mass is 451 g/mol. The van der Waals surface area contributed by atoms with E-state index in [1.807, 2.05) is 33.2 Å². The molecule has 1 fully saturated rings. The van der Waals surface area contributed by atoms with Crippen LogP contribution in [0.15, 0.2) is 12.4 Å². The summed E-state index contributed by atoms with van der Waals surface area (Å²) in [5.41, 5.74) is 3.16. The molecule has 2 N–H and O–H groups in total. The number of hydrogen-bond acceptors (Lipinski definition) is 4. The maximum Gasteiger partial charge on any atom is 0.240 e. The van der Waals surface area contributed by atoms with Gasteiger partial charge in [0.1, 0.15) is 5.65 Å². The average molecular weight is 451 g/mol. The van der Waals surface area contributed by atoms with Crippen LogP contribution in [0.5, 0.6) is 0 Å². The molecule has 6 nitrogen and oxygen atoms in total. The van der Waals surface area contributed by atoms with Crippen molar-refractivity contribution in [1.82, 2.24) is 20.2 Å². The van der Waals surface area contributed by atoms with Crippen LogP contribution in [0, 0.1) is 33.7 Å². The Labute approximate surface area is 161 Å². The largest absolute Gasteiger partial charge is 0.345 e. The molecule has 132 valence electrons. The number of hydrogen-bond donors (Lipinski definition) is 2. The highest BCUT2D eigenvalue weighted by Gasteiger charge is 2.35. The Hall–Kier alpha value is -1.66. The molecule has 2 aromatic heterocycles. The number of amides is 1. The number of rotatable bonds is 5. The van der Waals surface area contributed by atoms with E-state index in [4.69, 9.17) is 5.26 Å². The van der Waals surface area contributed by atoms with Gasteiger partial charge in [0.2, 0.25) is 5.91 Å². The quantitative estimate of drug-likeness (QED) is 0.685. The van der Waals surface area contributed by atoms with Gasteiger partial charge in [-0.3, -0.25) is 4.79 Å². The smallest absolute Gasteiger partial charge is 0.240 e. The number of nitrogens with one attached hydrogen (secondary N) is 2. The number of fused-ring (bicyclic) bond motifs is 1. The van der Waals surface area contributed by atoms with E-state index >= 15 is 0 Å². The molecule has 0 spiro atoms. The number of H-pyrrole nitrogens is 1. The first kappa shape index (κ1) is 18.1. The average Bonchev–Trinajstić information content (AvgIpc) is 2.89. The minimum Gasteiger partial charge on any atom is -0.345 e. The number of nitrogens with zero attached hydrogens (tertiary/aromatic N) is 3. The van der Waals surface area contributed by atoms with Crippen LogP contribution in [0.2, 0.25) is 0 Å². The van der Waals surface area contributed by atoms with Crippen molar-refractivity contribution in [2.75, 3.05) is 13.1 Å². The number of carbonyl (C=O) groups is 1. The molecular weight excluding hydrogens is 429 g/mol. The van der Waals surface area contributed by atoms with Gasteiger partial charge in [0, 0.05) is 41.0 Å². The Morgan fingerprint density at radius 1 is 1.56 bits per heavy atom. The Morgan fingerprint density at radius 2 is 2.28 bits per heavy atom. The number of likely N-dealkylation sites (tertiary alicyclic amines) is 1. The molecule has 3 rings (SSSR count). The SMILES string of the molecule is Cc1cnc2[nH]cc(I)c2c1CN[C@@H](C(=O)N1CC(C#N)C1)C(C)C. The first-order chi connectivity index (χ1) is 11.9. The maximum absolute atomic E-state index is 12.7. The zero-order chi connectivity index (χ0) is 18.1. The van der Waals surface area contributed by atoms with Crippen molar-refractivity contribution in [3.8, 4) is 6.07 Å². The fourth-order valence-electron chi connectivity index (χ4n) is 3.20. The van der Waals surface area contributed by atoms with Gasteiger partial charge in [0.05, 0.1) is 18.0 Å². The van der Waals surface area contributed by atoms with Crippen molar-refractivity contribution in [1.29, 1.82) is 5.26 Å². The van der Waals surface area contributed by atoms with Crippen LogP contribution in [0.3, 0.4) is 0 Å². The van der Waals surface area contributed by atoms with Crippen molar-refractivity contribution in [2.24, 2.45) is 11.8 Å². The minimum atomic E-state index is -0.251. The predicted molar refractivity (Wildman–Crippen MR) is 105 cm³/mol. The third-order valence-electron chi connectivity index (χ3n) is 4.78. The van der Waals surface area contributed by atoms with Gasteiger partial charge in [0.25, 0.3) is 0 Å². The molecule has 2 aromatic rings. The summed E-state index contributed by atoms with van der Waals surface area (Å²) in [6.07, 6.45) is 3.82. The number of nitriles is 1. The van der Waals surface area contributed by atoms with Crippen molar-refractivity contribution < 1.29 is 4.79 Å². The summed E-state index contributed by atoms with van der Waals surface area (Å²) >= 11 is 2.31. The molecule has 0 aliphatic carbocycles. The van der Waals surface area contributed by atoms with Crippen molar-refractivity contribution in [3.05, 3.63) is 27.1 Å². The number of halogens is 1. The van der Waals surface area contributed by atoms with Crippen LogP contribution >= 0.6 is 22.6 Å². The lowest BCUT2D eigenvalue weighted by Gasteiger charge is -2.38. The second-order valence-corrected chi connectivity index (χ2v) is 8.11. The summed E-state index contributed by atoms with van der Waals surface area (Å²) in [4.78, 5) is 22.1. The molecule has 0 radical (unpaired) electrons. The molecular formula is C18H22IN5O. The number of aromatic nitrogens is 2. The Kier molecular flexibility index (Phi) is 5.29.